The molecule has 1 N–H and O–H groups in total. The molecule has 1 amide bonds. The van der Waals surface area contributed by atoms with E-state index < -0.39 is 11.7 Å². The lowest BCUT2D eigenvalue weighted by molar-refractivity contribution is -0.144. The van der Waals surface area contributed by atoms with Crippen molar-refractivity contribution in [3.8, 4) is 0 Å². The molecule has 162 valence electrons. The van der Waals surface area contributed by atoms with Crippen molar-refractivity contribution < 1.29 is 18.4 Å². The number of carbonyl (C=O) groups is 2. The zero-order chi connectivity index (χ0) is 21.4. The first-order valence-corrected chi connectivity index (χ1v) is 11.1. The Morgan fingerprint density at radius 2 is 1.97 bits per heavy atom. The number of aromatic amines is 1. The molecule has 3 rings (SSSR count). The van der Waals surface area contributed by atoms with Crippen LogP contribution in [0.4, 0.5) is 13.6 Å². The Bertz CT molecular complexity index is 820. The van der Waals surface area contributed by atoms with Gasteiger partial charge in [0.15, 0.2) is 0 Å². The van der Waals surface area contributed by atoms with Crippen LogP contribution in [-0.2, 0) is 17.1 Å². The standard InChI is InChI=1S/C20H25F2N5O2S/c21-20(22,15-8-4-3-5-9-15)17(28)12-11-16-14-30-19(29)27(16)13-7-2-1-6-10-18-23-25-26-24-18/h3-5,8-9,16H,1-2,6-7,10-14H2,(H,23,24,25,26). The number of halogens is 2. The maximum Gasteiger partial charge on any atom is 0.330 e. The van der Waals surface area contributed by atoms with Gasteiger partial charge in [0.25, 0.3) is 5.24 Å². The zero-order valence-electron chi connectivity index (χ0n) is 16.6. The van der Waals surface area contributed by atoms with Crippen molar-refractivity contribution in [2.45, 2.75) is 56.9 Å². The van der Waals surface area contributed by atoms with Crippen LogP contribution >= 0.6 is 11.8 Å². The molecule has 1 aliphatic rings. The fourth-order valence-corrected chi connectivity index (χ4v) is 4.57. The van der Waals surface area contributed by atoms with Gasteiger partial charge in [0.05, 0.1) is 0 Å². The van der Waals surface area contributed by atoms with Crippen molar-refractivity contribution in [1.29, 1.82) is 0 Å². The summed E-state index contributed by atoms with van der Waals surface area (Å²) in [6, 6.07) is 6.98. The summed E-state index contributed by atoms with van der Waals surface area (Å²) in [5.41, 5.74) is -0.287. The third-order valence-electron chi connectivity index (χ3n) is 5.22. The number of nitrogens with zero attached hydrogens (tertiary/aromatic N) is 4. The predicted octanol–water partition coefficient (Wildman–Crippen LogP) is 3.98. The van der Waals surface area contributed by atoms with Gasteiger partial charge in [0.1, 0.15) is 5.82 Å². The number of carbonyl (C=O) groups excluding carboxylic acids is 2. The minimum absolute atomic E-state index is 0.0324. The SMILES string of the molecule is O=C1SCC(CCC(=O)C(F)(F)c2ccccc2)N1CCCCCCc1nnn[nH]1. The van der Waals surface area contributed by atoms with E-state index in [9.17, 15) is 18.4 Å². The smallest absolute Gasteiger partial charge is 0.330 e. The molecule has 1 atom stereocenters. The Morgan fingerprint density at radius 1 is 1.20 bits per heavy atom. The number of tetrazole rings is 1. The number of alkyl halides is 2. The van der Waals surface area contributed by atoms with Gasteiger partial charge in [0, 0.05) is 36.7 Å². The summed E-state index contributed by atoms with van der Waals surface area (Å²) in [4.78, 5) is 26.1. The first kappa shape index (κ1) is 22.3. The maximum atomic E-state index is 14.4. The Balaban J connectivity index is 1.40. The third-order valence-corrected chi connectivity index (χ3v) is 6.25. The highest BCUT2D eigenvalue weighted by Crippen LogP contribution is 2.33. The number of H-pyrrole nitrogens is 1. The Labute approximate surface area is 178 Å². The second-order valence-electron chi connectivity index (χ2n) is 7.34. The summed E-state index contributed by atoms with van der Waals surface area (Å²) in [6.45, 7) is 0.587. The molecule has 10 heteroatoms. The van der Waals surface area contributed by atoms with Crippen molar-refractivity contribution >= 4 is 22.8 Å². The van der Waals surface area contributed by atoms with Crippen LogP contribution in [0.15, 0.2) is 30.3 Å². The normalized spacial score (nSPS) is 16.9. The number of ketones is 1. The van der Waals surface area contributed by atoms with Crippen LogP contribution in [0.1, 0.15) is 49.9 Å². The molecule has 1 aliphatic heterocycles. The summed E-state index contributed by atoms with van der Waals surface area (Å²) in [5.74, 6) is -3.29. The molecular weight excluding hydrogens is 412 g/mol. The third kappa shape index (κ3) is 5.84. The fourth-order valence-electron chi connectivity index (χ4n) is 3.48. The molecule has 0 radical (unpaired) electrons. The van der Waals surface area contributed by atoms with Crippen LogP contribution in [0, 0.1) is 0 Å². The van der Waals surface area contributed by atoms with Gasteiger partial charge in [-0.05, 0) is 29.7 Å². The van der Waals surface area contributed by atoms with E-state index in [0.717, 1.165) is 37.9 Å². The summed E-state index contributed by atoms with van der Waals surface area (Å²) < 4.78 is 28.7. The van der Waals surface area contributed by atoms with Gasteiger partial charge in [-0.15, -0.1) is 5.10 Å². The van der Waals surface area contributed by atoms with Crippen molar-refractivity contribution in [2.75, 3.05) is 12.3 Å². The van der Waals surface area contributed by atoms with E-state index in [1.165, 1.54) is 36.0 Å². The molecule has 1 unspecified atom stereocenters. The van der Waals surface area contributed by atoms with Gasteiger partial charge in [-0.1, -0.05) is 54.9 Å². The molecule has 2 aromatic rings. The Morgan fingerprint density at radius 3 is 2.70 bits per heavy atom. The lowest BCUT2D eigenvalue weighted by atomic mass is 9.99. The second-order valence-corrected chi connectivity index (χ2v) is 8.31. The molecule has 1 aromatic heterocycles. The average Bonchev–Trinajstić information content (AvgIpc) is 3.39. The van der Waals surface area contributed by atoms with E-state index in [2.05, 4.69) is 20.6 Å². The molecule has 0 bridgehead atoms. The number of aryl methyl sites for hydroxylation is 1. The van der Waals surface area contributed by atoms with Crippen LogP contribution in [0.2, 0.25) is 0 Å². The highest BCUT2D eigenvalue weighted by atomic mass is 32.2. The molecule has 1 saturated heterocycles. The van der Waals surface area contributed by atoms with Gasteiger partial charge in [-0.25, -0.2) is 5.10 Å². The van der Waals surface area contributed by atoms with E-state index in [1.54, 1.807) is 11.0 Å². The lowest BCUT2D eigenvalue weighted by Gasteiger charge is -2.24. The molecule has 0 aliphatic carbocycles. The Kier molecular flexibility index (Phi) is 7.89. The topological polar surface area (TPSA) is 91.8 Å². The minimum Gasteiger partial charge on any atom is -0.330 e. The van der Waals surface area contributed by atoms with E-state index in [0.29, 0.717) is 12.3 Å². The van der Waals surface area contributed by atoms with E-state index in [4.69, 9.17) is 0 Å². The summed E-state index contributed by atoms with van der Waals surface area (Å²) in [5, 5.41) is 13.6. The van der Waals surface area contributed by atoms with Gasteiger partial charge >= 0.3 is 5.92 Å². The monoisotopic (exact) mass is 437 g/mol. The maximum absolute atomic E-state index is 14.4. The van der Waals surface area contributed by atoms with Crippen molar-refractivity contribution in [3.63, 3.8) is 0 Å². The van der Waals surface area contributed by atoms with Gasteiger partial charge < -0.3 is 4.90 Å². The quantitative estimate of drug-likeness (QED) is 0.505. The van der Waals surface area contributed by atoms with Crippen LogP contribution < -0.4 is 0 Å². The predicted molar refractivity (Wildman–Crippen MR) is 109 cm³/mol. The van der Waals surface area contributed by atoms with E-state index in [-0.39, 0.29) is 29.7 Å². The number of unbranched alkanes of at least 4 members (excludes halogenated alkanes) is 3. The lowest BCUT2D eigenvalue weighted by Crippen LogP contribution is -2.35. The number of nitrogens with one attached hydrogen (secondary N) is 1. The van der Waals surface area contributed by atoms with Gasteiger partial charge in [0.2, 0.25) is 5.78 Å². The number of hydrogen-bond acceptors (Lipinski definition) is 6. The van der Waals surface area contributed by atoms with E-state index in [1.807, 2.05) is 0 Å². The summed E-state index contributed by atoms with van der Waals surface area (Å²) in [6.07, 6.45) is 4.53. The number of benzene rings is 1. The van der Waals surface area contributed by atoms with E-state index >= 15 is 0 Å². The fraction of sp³-hybridized carbons (Fsp3) is 0.550. The number of Topliss-reactive ketones (excluding diaryl/α,β-unsaturated/α-hetero) is 1. The molecule has 7 nitrogen and oxygen atoms in total. The number of thioether (sulfide) groups is 1. The first-order chi connectivity index (χ1) is 14.5. The van der Waals surface area contributed by atoms with Crippen LogP contribution in [0.3, 0.4) is 0 Å². The number of hydrogen-bond donors (Lipinski definition) is 1. The molecule has 30 heavy (non-hydrogen) atoms. The highest BCUT2D eigenvalue weighted by molar-refractivity contribution is 8.13. The largest absolute Gasteiger partial charge is 0.330 e. The molecule has 2 heterocycles. The molecule has 1 fully saturated rings. The molecule has 1 aromatic carbocycles. The average molecular weight is 438 g/mol. The van der Waals surface area contributed by atoms with Crippen molar-refractivity contribution in [1.82, 2.24) is 25.5 Å². The number of amides is 1. The summed E-state index contributed by atoms with van der Waals surface area (Å²) >= 11 is 1.20. The van der Waals surface area contributed by atoms with Gasteiger partial charge in [-0.2, -0.15) is 8.78 Å². The van der Waals surface area contributed by atoms with Crippen molar-refractivity contribution in [2.24, 2.45) is 0 Å². The molecular formula is C20H25F2N5O2S. The van der Waals surface area contributed by atoms with Crippen LogP contribution in [-0.4, -0.2) is 54.9 Å². The minimum atomic E-state index is -3.50. The van der Waals surface area contributed by atoms with Crippen molar-refractivity contribution in [3.05, 3.63) is 41.7 Å². The van der Waals surface area contributed by atoms with Crippen LogP contribution in [0.25, 0.3) is 0 Å². The van der Waals surface area contributed by atoms with Gasteiger partial charge in [-0.3, -0.25) is 9.59 Å². The number of rotatable bonds is 12. The summed E-state index contributed by atoms with van der Waals surface area (Å²) in [7, 11) is 0. The Hall–Kier alpha value is -2.36. The zero-order valence-corrected chi connectivity index (χ0v) is 17.4. The van der Waals surface area contributed by atoms with Crippen LogP contribution in [0.5, 0.6) is 0 Å². The highest BCUT2D eigenvalue weighted by Gasteiger charge is 2.41. The first-order valence-electron chi connectivity index (χ1n) is 10.1. The molecule has 0 saturated carbocycles. The molecule has 0 spiro atoms. The number of aromatic nitrogens is 4. The second kappa shape index (κ2) is 10.6.